The summed E-state index contributed by atoms with van der Waals surface area (Å²) in [4.78, 5) is 24.1. The van der Waals surface area contributed by atoms with E-state index in [4.69, 9.17) is 4.74 Å². The van der Waals surface area contributed by atoms with Crippen molar-refractivity contribution >= 4 is 29.6 Å². The molecule has 1 aromatic carbocycles. The normalized spacial score (nSPS) is 18.3. The van der Waals surface area contributed by atoms with Gasteiger partial charge in [-0.3, -0.25) is 9.59 Å². The number of carbonyl (C=O) groups excluding carboxylic acids is 2. The summed E-state index contributed by atoms with van der Waals surface area (Å²) in [6.07, 6.45) is 2.55. The number of allylic oxidation sites excluding steroid dienone is 1. The predicted molar refractivity (Wildman–Crippen MR) is 81.5 cm³/mol. The van der Waals surface area contributed by atoms with Crippen LogP contribution in [0, 0.1) is 0 Å². The lowest BCUT2D eigenvalue weighted by molar-refractivity contribution is -0.144. The quantitative estimate of drug-likeness (QED) is 0.629. The average molecular weight is 290 g/mol. The standard InChI is InChI=1S/C16H18O3S/c1-3-19-16(18)11(2)13-6-4-12(5-7-13)10-15-14(17)8-9-20-15/h4-7,10-11H,3,8-9H2,1-2H3/b15-10-. The molecule has 0 radical (unpaired) electrons. The number of hydrogen-bond acceptors (Lipinski definition) is 4. The van der Waals surface area contributed by atoms with Crippen LogP contribution in [0.25, 0.3) is 6.08 Å². The van der Waals surface area contributed by atoms with Crippen molar-refractivity contribution in [2.24, 2.45) is 0 Å². The van der Waals surface area contributed by atoms with Crippen LogP contribution in [0.5, 0.6) is 0 Å². The molecular weight excluding hydrogens is 272 g/mol. The number of ether oxygens (including phenoxy) is 1. The Bertz CT molecular complexity index is 531. The van der Waals surface area contributed by atoms with Crippen molar-refractivity contribution in [1.29, 1.82) is 0 Å². The largest absolute Gasteiger partial charge is 0.466 e. The van der Waals surface area contributed by atoms with E-state index in [0.29, 0.717) is 13.0 Å². The van der Waals surface area contributed by atoms with Crippen LogP contribution in [0.1, 0.15) is 37.3 Å². The average Bonchev–Trinajstić information content (AvgIpc) is 2.85. The molecule has 3 nitrogen and oxygen atoms in total. The van der Waals surface area contributed by atoms with Gasteiger partial charge in [0.25, 0.3) is 0 Å². The van der Waals surface area contributed by atoms with Gasteiger partial charge in [0.05, 0.1) is 17.4 Å². The third-order valence-corrected chi connectivity index (χ3v) is 4.30. The van der Waals surface area contributed by atoms with E-state index < -0.39 is 0 Å². The molecule has 2 rings (SSSR count). The second-order valence-electron chi connectivity index (χ2n) is 4.67. The van der Waals surface area contributed by atoms with Crippen molar-refractivity contribution in [2.45, 2.75) is 26.2 Å². The molecule has 0 aliphatic carbocycles. The summed E-state index contributed by atoms with van der Waals surface area (Å²) < 4.78 is 5.01. The third-order valence-electron chi connectivity index (χ3n) is 3.24. The zero-order valence-corrected chi connectivity index (χ0v) is 12.5. The van der Waals surface area contributed by atoms with Gasteiger partial charge in [-0.1, -0.05) is 24.3 Å². The van der Waals surface area contributed by atoms with Crippen molar-refractivity contribution in [2.75, 3.05) is 12.4 Å². The Morgan fingerprint density at radius 2 is 2.10 bits per heavy atom. The van der Waals surface area contributed by atoms with Crippen molar-refractivity contribution in [3.8, 4) is 0 Å². The summed E-state index contributed by atoms with van der Waals surface area (Å²) in [6.45, 7) is 4.03. The lowest BCUT2D eigenvalue weighted by Gasteiger charge is -2.10. The molecule has 1 aliphatic heterocycles. The summed E-state index contributed by atoms with van der Waals surface area (Å²) in [5, 5.41) is 0. The molecule has 0 amide bonds. The van der Waals surface area contributed by atoms with Crippen LogP contribution in [0.4, 0.5) is 0 Å². The Hall–Kier alpha value is -1.55. The van der Waals surface area contributed by atoms with Crippen LogP contribution in [0.15, 0.2) is 29.2 Å². The molecule has 0 spiro atoms. The fourth-order valence-corrected chi connectivity index (χ4v) is 3.01. The van der Waals surface area contributed by atoms with Gasteiger partial charge >= 0.3 is 5.97 Å². The van der Waals surface area contributed by atoms with Crippen LogP contribution in [-0.4, -0.2) is 24.1 Å². The molecule has 106 valence electrons. The highest BCUT2D eigenvalue weighted by molar-refractivity contribution is 8.04. The molecule has 0 saturated carbocycles. The molecular formula is C16H18O3S. The molecule has 1 atom stereocenters. The van der Waals surface area contributed by atoms with Gasteiger partial charge in [0, 0.05) is 12.2 Å². The van der Waals surface area contributed by atoms with Gasteiger partial charge in [0.15, 0.2) is 5.78 Å². The lowest BCUT2D eigenvalue weighted by Crippen LogP contribution is -2.12. The second-order valence-corrected chi connectivity index (χ2v) is 5.81. The number of benzene rings is 1. The highest BCUT2D eigenvalue weighted by Crippen LogP contribution is 2.29. The summed E-state index contributed by atoms with van der Waals surface area (Å²) in [6, 6.07) is 7.70. The number of ketones is 1. The van der Waals surface area contributed by atoms with E-state index in [1.165, 1.54) is 0 Å². The topological polar surface area (TPSA) is 43.4 Å². The Labute approximate surface area is 123 Å². The molecule has 20 heavy (non-hydrogen) atoms. The van der Waals surface area contributed by atoms with Gasteiger partial charge in [-0.25, -0.2) is 0 Å². The van der Waals surface area contributed by atoms with Crippen LogP contribution in [-0.2, 0) is 14.3 Å². The first kappa shape index (κ1) is 14.9. The van der Waals surface area contributed by atoms with Gasteiger partial charge < -0.3 is 4.74 Å². The number of thioether (sulfide) groups is 1. The number of carbonyl (C=O) groups is 2. The minimum Gasteiger partial charge on any atom is -0.466 e. The van der Waals surface area contributed by atoms with Crippen molar-refractivity contribution < 1.29 is 14.3 Å². The van der Waals surface area contributed by atoms with Crippen LogP contribution < -0.4 is 0 Å². The van der Waals surface area contributed by atoms with Gasteiger partial charge in [0.1, 0.15) is 0 Å². The van der Waals surface area contributed by atoms with Crippen LogP contribution in [0.2, 0.25) is 0 Å². The minimum atomic E-state index is -0.265. The third kappa shape index (κ3) is 3.51. The van der Waals surface area contributed by atoms with E-state index in [1.807, 2.05) is 37.3 Å². The fourth-order valence-electron chi connectivity index (χ4n) is 2.02. The van der Waals surface area contributed by atoms with Gasteiger partial charge in [0.2, 0.25) is 0 Å². The van der Waals surface area contributed by atoms with E-state index in [0.717, 1.165) is 21.8 Å². The first-order valence-electron chi connectivity index (χ1n) is 6.76. The summed E-state index contributed by atoms with van der Waals surface area (Å²) in [7, 11) is 0. The van der Waals surface area contributed by atoms with E-state index >= 15 is 0 Å². The predicted octanol–water partition coefficient (Wildman–Crippen LogP) is 3.40. The molecule has 1 fully saturated rings. The lowest BCUT2D eigenvalue weighted by atomic mass is 10.00. The number of hydrogen-bond donors (Lipinski definition) is 0. The van der Waals surface area contributed by atoms with E-state index in [9.17, 15) is 9.59 Å². The van der Waals surface area contributed by atoms with Crippen LogP contribution in [0.3, 0.4) is 0 Å². The van der Waals surface area contributed by atoms with E-state index in [1.54, 1.807) is 18.7 Å². The Morgan fingerprint density at radius 3 is 2.65 bits per heavy atom. The Balaban J connectivity index is 2.10. The zero-order valence-electron chi connectivity index (χ0n) is 11.7. The minimum absolute atomic E-state index is 0.208. The maximum Gasteiger partial charge on any atom is 0.313 e. The monoisotopic (exact) mass is 290 g/mol. The van der Waals surface area contributed by atoms with Gasteiger partial charge in [-0.15, -0.1) is 11.8 Å². The van der Waals surface area contributed by atoms with Gasteiger partial charge in [-0.05, 0) is 31.1 Å². The van der Waals surface area contributed by atoms with Gasteiger partial charge in [-0.2, -0.15) is 0 Å². The molecule has 1 unspecified atom stereocenters. The van der Waals surface area contributed by atoms with E-state index in [2.05, 4.69) is 0 Å². The smallest absolute Gasteiger partial charge is 0.313 e. The summed E-state index contributed by atoms with van der Waals surface area (Å²) in [5.74, 6) is 0.626. The molecule has 0 aromatic heterocycles. The molecule has 4 heteroatoms. The highest BCUT2D eigenvalue weighted by atomic mass is 32.2. The maximum atomic E-state index is 11.7. The number of rotatable bonds is 4. The first-order chi connectivity index (χ1) is 9.61. The molecule has 1 heterocycles. The van der Waals surface area contributed by atoms with E-state index in [-0.39, 0.29) is 17.7 Å². The highest BCUT2D eigenvalue weighted by Gasteiger charge is 2.18. The Kier molecular flexibility index (Phi) is 5.01. The summed E-state index contributed by atoms with van der Waals surface area (Å²) >= 11 is 1.60. The SMILES string of the molecule is CCOC(=O)C(C)c1ccc(/C=C2\SCCC2=O)cc1. The number of esters is 1. The molecule has 1 aliphatic rings. The zero-order chi connectivity index (χ0) is 14.5. The molecule has 0 bridgehead atoms. The fraction of sp³-hybridized carbons (Fsp3) is 0.375. The van der Waals surface area contributed by atoms with Crippen molar-refractivity contribution in [3.63, 3.8) is 0 Å². The second kappa shape index (κ2) is 6.75. The first-order valence-corrected chi connectivity index (χ1v) is 7.74. The van der Waals surface area contributed by atoms with Crippen LogP contribution >= 0.6 is 11.8 Å². The summed E-state index contributed by atoms with van der Waals surface area (Å²) in [5.41, 5.74) is 1.92. The van der Waals surface area contributed by atoms with Crippen molar-refractivity contribution in [1.82, 2.24) is 0 Å². The Morgan fingerprint density at radius 1 is 1.40 bits per heavy atom. The number of Topliss-reactive ketones (excluding diaryl/α,β-unsaturated/α-hetero) is 1. The molecule has 0 N–H and O–H groups in total. The molecule has 1 saturated heterocycles. The maximum absolute atomic E-state index is 11.7. The molecule has 1 aromatic rings. The van der Waals surface area contributed by atoms with Crippen molar-refractivity contribution in [3.05, 3.63) is 40.3 Å².